The molecule has 20 heavy (non-hydrogen) atoms. The zero-order valence-electron chi connectivity index (χ0n) is 11.8. The second kappa shape index (κ2) is 5.46. The van der Waals surface area contributed by atoms with Gasteiger partial charge in [0.1, 0.15) is 5.58 Å². The lowest BCUT2D eigenvalue weighted by Crippen LogP contribution is -2.39. The van der Waals surface area contributed by atoms with Crippen molar-refractivity contribution in [2.24, 2.45) is 11.7 Å². The molecule has 2 aromatic rings. The van der Waals surface area contributed by atoms with Crippen LogP contribution in [0.1, 0.15) is 19.4 Å². The number of hydrogen-bond acceptors (Lipinski definition) is 4. The lowest BCUT2D eigenvalue weighted by Gasteiger charge is -2.15. The molecule has 0 bridgehead atoms. The van der Waals surface area contributed by atoms with Crippen molar-refractivity contribution in [1.82, 2.24) is 0 Å². The highest BCUT2D eigenvalue weighted by molar-refractivity contribution is 5.96. The smallest absolute Gasteiger partial charge is 0.336 e. The molecule has 0 aliphatic carbocycles. The number of nitrogens with two attached hydrogens (primary N) is 1. The zero-order valence-corrected chi connectivity index (χ0v) is 11.8. The third-order valence-electron chi connectivity index (χ3n) is 3.24. The van der Waals surface area contributed by atoms with Crippen molar-refractivity contribution in [3.05, 3.63) is 40.2 Å². The third kappa shape index (κ3) is 2.88. The Bertz CT molecular complexity index is 704. The molecule has 1 atom stereocenters. The second-order valence-electron chi connectivity index (χ2n) is 5.22. The molecule has 0 unspecified atom stereocenters. The van der Waals surface area contributed by atoms with Crippen molar-refractivity contribution < 1.29 is 9.21 Å². The lowest BCUT2D eigenvalue weighted by atomic mass is 10.0. The molecular formula is C15H18N2O3. The fraction of sp³-hybridized carbons (Fsp3) is 0.333. The van der Waals surface area contributed by atoms with E-state index in [1.807, 2.05) is 26.8 Å². The summed E-state index contributed by atoms with van der Waals surface area (Å²) in [5.74, 6) is -0.204. The van der Waals surface area contributed by atoms with E-state index >= 15 is 0 Å². The van der Waals surface area contributed by atoms with Gasteiger partial charge in [0.2, 0.25) is 5.91 Å². The van der Waals surface area contributed by atoms with E-state index in [0.29, 0.717) is 11.3 Å². The van der Waals surface area contributed by atoms with Crippen molar-refractivity contribution >= 4 is 22.6 Å². The minimum atomic E-state index is -0.574. The third-order valence-corrected chi connectivity index (χ3v) is 3.24. The van der Waals surface area contributed by atoms with Gasteiger partial charge in [0.15, 0.2) is 0 Å². The Morgan fingerprint density at radius 3 is 2.65 bits per heavy atom. The summed E-state index contributed by atoms with van der Waals surface area (Å²) >= 11 is 0. The van der Waals surface area contributed by atoms with Crippen LogP contribution in [0, 0.1) is 12.8 Å². The molecule has 1 aromatic heterocycles. The summed E-state index contributed by atoms with van der Waals surface area (Å²) < 4.78 is 5.13. The van der Waals surface area contributed by atoms with Gasteiger partial charge in [-0.15, -0.1) is 0 Å². The average Bonchev–Trinajstić information content (AvgIpc) is 2.36. The topological polar surface area (TPSA) is 85.3 Å². The number of rotatable bonds is 3. The van der Waals surface area contributed by atoms with Crippen LogP contribution in [0.15, 0.2) is 33.5 Å². The Labute approximate surface area is 116 Å². The minimum absolute atomic E-state index is 0.0515. The van der Waals surface area contributed by atoms with Gasteiger partial charge in [0.05, 0.1) is 6.04 Å². The Morgan fingerprint density at radius 2 is 2.00 bits per heavy atom. The van der Waals surface area contributed by atoms with Gasteiger partial charge in [-0.2, -0.15) is 0 Å². The minimum Gasteiger partial charge on any atom is -0.423 e. The van der Waals surface area contributed by atoms with E-state index in [1.54, 1.807) is 12.1 Å². The molecule has 0 saturated carbocycles. The van der Waals surface area contributed by atoms with E-state index in [0.717, 1.165) is 10.9 Å². The van der Waals surface area contributed by atoms with Crippen LogP contribution in [-0.2, 0) is 4.79 Å². The predicted molar refractivity (Wildman–Crippen MR) is 78.7 cm³/mol. The molecule has 0 spiro atoms. The summed E-state index contributed by atoms with van der Waals surface area (Å²) in [6.45, 7) is 5.60. The average molecular weight is 274 g/mol. The van der Waals surface area contributed by atoms with Crippen LogP contribution >= 0.6 is 0 Å². The van der Waals surface area contributed by atoms with Crippen LogP contribution < -0.4 is 16.7 Å². The van der Waals surface area contributed by atoms with Crippen LogP contribution in [0.4, 0.5) is 5.69 Å². The molecule has 0 aliphatic heterocycles. The molecule has 1 heterocycles. The van der Waals surface area contributed by atoms with Crippen molar-refractivity contribution in [1.29, 1.82) is 0 Å². The van der Waals surface area contributed by atoms with E-state index in [4.69, 9.17) is 10.2 Å². The maximum atomic E-state index is 11.9. The molecule has 0 fully saturated rings. The molecule has 106 valence electrons. The SMILES string of the molecule is Cc1cc(=O)oc2cc(NC(=O)[C@@H](N)C(C)C)ccc12. The van der Waals surface area contributed by atoms with Gasteiger partial charge in [-0.1, -0.05) is 13.8 Å². The predicted octanol–water partition coefficient (Wildman–Crippen LogP) is 2.02. The molecule has 0 radical (unpaired) electrons. The molecule has 0 aliphatic rings. The van der Waals surface area contributed by atoms with Gasteiger partial charge in [-0.05, 0) is 30.5 Å². The summed E-state index contributed by atoms with van der Waals surface area (Å²) in [6, 6.07) is 6.07. The first-order valence-corrected chi connectivity index (χ1v) is 6.49. The number of amides is 1. The van der Waals surface area contributed by atoms with Crippen LogP contribution in [0.2, 0.25) is 0 Å². The molecule has 5 nitrogen and oxygen atoms in total. The maximum absolute atomic E-state index is 11.9. The van der Waals surface area contributed by atoms with E-state index < -0.39 is 11.7 Å². The Kier molecular flexibility index (Phi) is 3.90. The molecule has 5 heteroatoms. The van der Waals surface area contributed by atoms with E-state index in [1.165, 1.54) is 6.07 Å². The van der Waals surface area contributed by atoms with Crippen molar-refractivity contribution in [2.75, 3.05) is 5.32 Å². The Hall–Kier alpha value is -2.14. The fourth-order valence-corrected chi connectivity index (χ4v) is 1.93. The molecule has 1 amide bonds. The van der Waals surface area contributed by atoms with Crippen LogP contribution in [-0.4, -0.2) is 11.9 Å². The zero-order chi connectivity index (χ0) is 14.9. The maximum Gasteiger partial charge on any atom is 0.336 e. The number of benzene rings is 1. The Balaban J connectivity index is 2.33. The first-order chi connectivity index (χ1) is 9.38. The van der Waals surface area contributed by atoms with Gasteiger partial charge in [-0.3, -0.25) is 4.79 Å². The number of anilines is 1. The number of carbonyl (C=O) groups excluding carboxylic acids is 1. The molecule has 1 aromatic carbocycles. The van der Waals surface area contributed by atoms with Gasteiger partial charge >= 0.3 is 5.63 Å². The number of aryl methyl sites for hydroxylation is 1. The summed E-state index contributed by atoms with van der Waals surface area (Å²) in [5.41, 5.74) is 7.23. The van der Waals surface area contributed by atoms with E-state index in [9.17, 15) is 9.59 Å². The number of hydrogen-bond donors (Lipinski definition) is 2. The second-order valence-corrected chi connectivity index (χ2v) is 5.22. The van der Waals surface area contributed by atoms with E-state index in [-0.39, 0.29) is 11.8 Å². The molecule has 3 N–H and O–H groups in total. The highest BCUT2D eigenvalue weighted by Crippen LogP contribution is 2.21. The fourth-order valence-electron chi connectivity index (χ4n) is 1.93. The van der Waals surface area contributed by atoms with E-state index in [2.05, 4.69) is 5.32 Å². The summed E-state index contributed by atoms with van der Waals surface area (Å²) in [4.78, 5) is 23.3. The first kappa shape index (κ1) is 14.3. The summed E-state index contributed by atoms with van der Waals surface area (Å²) in [7, 11) is 0. The summed E-state index contributed by atoms with van der Waals surface area (Å²) in [5, 5.41) is 3.57. The number of fused-ring (bicyclic) bond motifs is 1. The first-order valence-electron chi connectivity index (χ1n) is 6.49. The monoisotopic (exact) mass is 274 g/mol. The lowest BCUT2D eigenvalue weighted by molar-refractivity contribution is -0.118. The van der Waals surface area contributed by atoms with Gasteiger partial charge < -0.3 is 15.5 Å². The molecular weight excluding hydrogens is 256 g/mol. The van der Waals surface area contributed by atoms with Gasteiger partial charge in [0, 0.05) is 23.2 Å². The highest BCUT2D eigenvalue weighted by Gasteiger charge is 2.17. The van der Waals surface area contributed by atoms with Crippen LogP contribution in [0.5, 0.6) is 0 Å². The largest absolute Gasteiger partial charge is 0.423 e. The van der Waals surface area contributed by atoms with Crippen LogP contribution in [0.25, 0.3) is 11.0 Å². The summed E-state index contributed by atoms with van der Waals surface area (Å²) in [6.07, 6.45) is 0. The molecule has 2 rings (SSSR count). The quantitative estimate of drug-likeness (QED) is 0.838. The normalized spacial score (nSPS) is 12.7. The number of nitrogens with one attached hydrogen (secondary N) is 1. The Morgan fingerprint density at radius 1 is 1.30 bits per heavy atom. The van der Waals surface area contributed by atoms with Crippen molar-refractivity contribution in [3.63, 3.8) is 0 Å². The highest BCUT2D eigenvalue weighted by atomic mass is 16.4. The number of carbonyl (C=O) groups is 1. The molecule has 0 saturated heterocycles. The van der Waals surface area contributed by atoms with Crippen molar-refractivity contribution in [3.8, 4) is 0 Å². The van der Waals surface area contributed by atoms with Crippen molar-refractivity contribution in [2.45, 2.75) is 26.8 Å². The van der Waals surface area contributed by atoms with Gasteiger partial charge in [0.25, 0.3) is 0 Å². The van der Waals surface area contributed by atoms with Crippen LogP contribution in [0.3, 0.4) is 0 Å². The van der Waals surface area contributed by atoms with Gasteiger partial charge in [-0.25, -0.2) is 4.79 Å². The standard InChI is InChI=1S/C15H18N2O3/c1-8(2)14(16)15(19)17-10-4-5-11-9(3)6-13(18)20-12(11)7-10/h4-8,14H,16H2,1-3H3,(H,17,19)/t14-/m0/s1.